The first-order valence-corrected chi connectivity index (χ1v) is 7.72. The minimum Gasteiger partial charge on any atom is -0.214 e. The number of halogens is 3. The van der Waals surface area contributed by atoms with Crippen molar-refractivity contribution in [2.45, 2.75) is 48.4 Å². The molecule has 0 atom stereocenters. The molecule has 0 aromatic heterocycles. The minimum atomic E-state index is -5.26. The van der Waals surface area contributed by atoms with Gasteiger partial charge in [-0.05, 0) is 30.4 Å². The molecule has 1 aromatic rings. The molecule has 2 rings (SSSR count). The molecule has 0 amide bonds. The molecule has 0 heterocycles. The quantitative estimate of drug-likeness (QED) is 0.824. The molecule has 0 saturated heterocycles. The van der Waals surface area contributed by atoms with E-state index in [0.29, 0.717) is 5.56 Å². The summed E-state index contributed by atoms with van der Waals surface area (Å²) in [5.41, 5.74) is -4.92. The van der Waals surface area contributed by atoms with Crippen molar-refractivity contribution in [2.75, 3.05) is 0 Å². The normalized spacial score (nSPS) is 18.5. The molecule has 1 aliphatic carbocycles. The minimum absolute atomic E-state index is 0.0814. The maximum atomic E-state index is 12.7. The Hall–Kier alpha value is -1.04. The van der Waals surface area contributed by atoms with Gasteiger partial charge in [0.15, 0.2) is 0 Å². The van der Waals surface area contributed by atoms with Gasteiger partial charge in [0.2, 0.25) is 0 Å². The second-order valence-corrected chi connectivity index (χ2v) is 6.73. The summed E-state index contributed by atoms with van der Waals surface area (Å²) in [5.74, 6) is -0.0814. The van der Waals surface area contributed by atoms with E-state index in [2.05, 4.69) is 0 Å². The monoisotopic (exact) mass is 292 g/mol. The highest BCUT2D eigenvalue weighted by Gasteiger charge is 2.48. The van der Waals surface area contributed by atoms with E-state index in [-0.39, 0.29) is 5.92 Å². The fourth-order valence-corrected chi connectivity index (χ4v) is 3.65. The first-order valence-electron chi connectivity index (χ1n) is 6.24. The van der Waals surface area contributed by atoms with Crippen LogP contribution in [0.2, 0.25) is 0 Å². The summed E-state index contributed by atoms with van der Waals surface area (Å²) in [4.78, 5) is -0.575. The van der Waals surface area contributed by atoms with E-state index in [4.69, 9.17) is 0 Å². The molecule has 0 unspecified atom stereocenters. The predicted octanol–water partition coefficient (Wildman–Crippen LogP) is 4.03. The van der Waals surface area contributed by atoms with Crippen molar-refractivity contribution in [3.8, 4) is 0 Å². The molecular formula is C13H15F3O2S. The molecule has 106 valence electrons. The maximum absolute atomic E-state index is 12.7. The molecule has 0 N–H and O–H groups in total. The van der Waals surface area contributed by atoms with Crippen molar-refractivity contribution < 1.29 is 21.6 Å². The van der Waals surface area contributed by atoms with Crippen molar-refractivity contribution in [3.63, 3.8) is 0 Å². The first-order chi connectivity index (χ1) is 8.84. The van der Waals surface area contributed by atoms with Crippen molar-refractivity contribution in [1.82, 2.24) is 0 Å². The Labute approximate surface area is 110 Å². The molecule has 1 saturated carbocycles. The molecule has 1 aromatic carbocycles. The highest BCUT2D eigenvalue weighted by Crippen LogP contribution is 2.39. The summed E-state index contributed by atoms with van der Waals surface area (Å²) in [6, 6.07) is 5.51. The van der Waals surface area contributed by atoms with Crippen LogP contribution in [0.15, 0.2) is 29.2 Å². The Morgan fingerprint density at radius 3 is 2.16 bits per heavy atom. The van der Waals surface area contributed by atoms with Gasteiger partial charge in [0.1, 0.15) is 0 Å². The molecule has 0 radical (unpaired) electrons. The van der Waals surface area contributed by atoms with E-state index in [9.17, 15) is 21.6 Å². The van der Waals surface area contributed by atoms with Crippen LogP contribution < -0.4 is 0 Å². The van der Waals surface area contributed by atoms with Crippen LogP contribution >= 0.6 is 0 Å². The van der Waals surface area contributed by atoms with Gasteiger partial charge >= 0.3 is 5.51 Å². The predicted molar refractivity (Wildman–Crippen MR) is 65.5 cm³/mol. The molecule has 19 heavy (non-hydrogen) atoms. The third-order valence-corrected chi connectivity index (χ3v) is 5.12. The highest BCUT2D eigenvalue weighted by molar-refractivity contribution is 7.92. The van der Waals surface area contributed by atoms with Crippen molar-refractivity contribution >= 4 is 9.84 Å². The second kappa shape index (κ2) is 5.15. The molecule has 6 heteroatoms. The standard InChI is InChI=1S/C13H15F3O2S/c14-13(15,16)19(17,18)12-9-5-4-8-11(12)10-6-2-1-3-7-10/h4-5,8-10H,1-3,6-7H2. The largest absolute Gasteiger partial charge is 0.501 e. The summed E-state index contributed by atoms with van der Waals surface area (Å²) in [7, 11) is -5.26. The highest BCUT2D eigenvalue weighted by atomic mass is 32.2. The Balaban J connectivity index is 2.47. The molecular weight excluding hydrogens is 277 g/mol. The molecule has 0 bridgehead atoms. The summed E-state index contributed by atoms with van der Waals surface area (Å²) >= 11 is 0. The van der Waals surface area contributed by atoms with Gasteiger partial charge in [-0.25, -0.2) is 8.42 Å². The summed E-state index contributed by atoms with van der Waals surface area (Å²) in [5, 5.41) is 0. The van der Waals surface area contributed by atoms with Gasteiger partial charge in [-0.15, -0.1) is 0 Å². The van der Waals surface area contributed by atoms with E-state index < -0.39 is 20.2 Å². The number of sulfone groups is 1. The van der Waals surface area contributed by atoms with Crippen LogP contribution in [0.4, 0.5) is 13.2 Å². The van der Waals surface area contributed by atoms with Crippen molar-refractivity contribution in [3.05, 3.63) is 29.8 Å². The first kappa shape index (κ1) is 14.4. The fraction of sp³-hybridized carbons (Fsp3) is 0.538. The van der Waals surface area contributed by atoms with E-state index in [1.165, 1.54) is 12.1 Å². The van der Waals surface area contributed by atoms with Gasteiger partial charge in [0.05, 0.1) is 4.90 Å². The lowest BCUT2D eigenvalue weighted by Gasteiger charge is -2.24. The number of hydrogen-bond acceptors (Lipinski definition) is 2. The summed E-state index contributed by atoms with van der Waals surface area (Å²) in [6.45, 7) is 0. The zero-order valence-corrected chi connectivity index (χ0v) is 11.1. The van der Waals surface area contributed by atoms with E-state index in [1.54, 1.807) is 6.07 Å². The van der Waals surface area contributed by atoms with E-state index >= 15 is 0 Å². The van der Waals surface area contributed by atoms with Gasteiger partial charge in [0, 0.05) is 0 Å². The number of hydrogen-bond donors (Lipinski definition) is 0. The number of alkyl halides is 3. The Bertz CT molecular complexity index is 543. The summed E-state index contributed by atoms with van der Waals surface area (Å²) in [6.07, 6.45) is 4.44. The lowest BCUT2D eigenvalue weighted by atomic mass is 9.84. The average Bonchev–Trinajstić information content (AvgIpc) is 2.38. The topological polar surface area (TPSA) is 34.1 Å². The molecule has 0 spiro atoms. The Morgan fingerprint density at radius 2 is 1.58 bits per heavy atom. The molecule has 1 aliphatic rings. The van der Waals surface area contributed by atoms with Crippen LogP contribution in [-0.4, -0.2) is 13.9 Å². The van der Waals surface area contributed by atoms with Crippen LogP contribution in [0.25, 0.3) is 0 Å². The Morgan fingerprint density at radius 1 is 1.00 bits per heavy atom. The van der Waals surface area contributed by atoms with Crippen LogP contribution in [0, 0.1) is 0 Å². The van der Waals surface area contributed by atoms with Crippen LogP contribution in [-0.2, 0) is 9.84 Å². The van der Waals surface area contributed by atoms with Gasteiger partial charge < -0.3 is 0 Å². The van der Waals surface area contributed by atoms with Crippen LogP contribution in [0.5, 0.6) is 0 Å². The summed E-state index contributed by atoms with van der Waals surface area (Å²) < 4.78 is 61.2. The van der Waals surface area contributed by atoms with Gasteiger partial charge in [-0.3, -0.25) is 0 Å². The molecule has 2 nitrogen and oxygen atoms in total. The van der Waals surface area contributed by atoms with E-state index in [0.717, 1.165) is 38.2 Å². The second-order valence-electron chi connectivity index (χ2n) is 4.82. The van der Waals surface area contributed by atoms with Gasteiger partial charge in [-0.1, -0.05) is 37.5 Å². The lowest BCUT2D eigenvalue weighted by Crippen LogP contribution is -2.25. The number of rotatable bonds is 2. The maximum Gasteiger partial charge on any atom is 0.501 e. The third kappa shape index (κ3) is 2.78. The number of benzene rings is 1. The molecule has 0 aliphatic heterocycles. The van der Waals surface area contributed by atoms with Crippen LogP contribution in [0.1, 0.15) is 43.6 Å². The lowest BCUT2D eigenvalue weighted by molar-refractivity contribution is -0.0436. The molecule has 1 fully saturated rings. The van der Waals surface area contributed by atoms with Gasteiger partial charge in [0.25, 0.3) is 9.84 Å². The zero-order chi connectivity index (χ0) is 14.1. The fourth-order valence-electron chi connectivity index (χ4n) is 2.60. The van der Waals surface area contributed by atoms with Crippen molar-refractivity contribution in [1.29, 1.82) is 0 Å². The SMILES string of the molecule is O=S(=O)(c1ccccc1C1CCCCC1)C(F)(F)F. The zero-order valence-electron chi connectivity index (χ0n) is 10.3. The smallest absolute Gasteiger partial charge is 0.214 e. The Kier molecular flexibility index (Phi) is 3.90. The van der Waals surface area contributed by atoms with E-state index in [1.807, 2.05) is 0 Å². The van der Waals surface area contributed by atoms with Gasteiger partial charge in [-0.2, -0.15) is 13.2 Å². The van der Waals surface area contributed by atoms with Crippen molar-refractivity contribution in [2.24, 2.45) is 0 Å². The van der Waals surface area contributed by atoms with Crippen LogP contribution in [0.3, 0.4) is 0 Å². The average molecular weight is 292 g/mol. The third-order valence-electron chi connectivity index (χ3n) is 3.56.